The molecule has 6 nitrogen and oxygen atoms in total. The largest absolute Gasteiger partial charge is 0.438 e. The molecule has 2 saturated heterocycles. The van der Waals surface area contributed by atoms with Crippen LogP contribution in [0.5, 0.6) is 11.6 Å². The third-order valence-corrected chi connectivity index (χ3v) is 4.47. The van der Waals surface area contributed by atoms with Gasteiger partial charge in [0.1, 0.15) is 5.75 Å². The number of anilines is 1. The lowest BCUT2D eigenvalue weighted by Crippen LogP contribution is -2.30. The Balaban J connectivity index is 1.37. The van der Waals surface area contributed by atoms with Crippen molar-refractivity contribution in [1.82, 2.24) is 10.2 Å². The number of hydrogen-bond donors (Lipinski definition) is 2. The van der Waals surface area contributed by atoms with E-state index in [1.807, 2.05) is 37.3 Å². The second-order valence-corrected chi connectivity index (χ2v) is 6.22. The molecule has 0 saturated carbocycles. The first-order chi connectivity index (χ1) is 11.2. The highest BCUT2D eigenvalue weighted by atomic mass is 16.5. The Morgan fingerprint density at radius 3 is 2.78 bits per heavy atom. The van der Waals surface area contributed by atoms with Crippen molar-refractivity contribution in [3.8, 4) is 11.6 Å². The first kappa shape index (κ1) is 14.3. The van der Waals surface area contributed by atoms with Crippen LogP contribution in [0.15, 0.2) is 30.3 Å². The van der Waals surface area contributed by atoms with Gasteiger partial charge in [0.2, 0.25) is 11.8 Å². The predicted molar refractivity (Wildman–Crippen MR) is 84.5 cm³/mol. The van der Waals surface area contributed by atoms with Gasteiger partial charge < -0.3 is 14.8 Å². The van der Waals surface area contributed by atoms with Gasteiger partial charge in [-0.05, 0) is 50.5 Å². The Labute approximate surface area is 134 Å². The van der Waals surface area contributed by atoms with Crippen molar-refractivity contribution >= 4 is 11.6 Å². The zero-order valence-electron chi connectivity index (χ0n) is 12.9. The molecule has 6 heteroatoms. The number of aryl methyl sites for hydroxylation is 1. The van der Waals surface area contributed by atoms with Gasteiger partial charge in [0.05, 0.1) is 18.1 Å². The van der Waals surface area contributed by atoms with E-state index in [4.69, 9.17) is 9.47 Å². The summed E-state index contributed by atoms with van der Waals surface area (Å²) in [7, 11) is 0. The Bertz CT molecular complexity index is 710. The number of hydrogen-bond acceptors (Lipinski definition) is 4. The number of nitrogens with zero attached hydrogens (tertiary/aromatic N) is 1. The number of nitrogens with one attached hydrogen (secondary N) is 2. The Kier molecular flexibility index (Phi) is 3.53. The molecule has 2 N–H and O–H groups in total. The average molecular weight is 313 g/mol. The molecular weight excluding hydrogens is 294 g/mol. The van der Waals surface area contributed by atoms with Crippen molar-refractivity contribution in [1.29, 1.82) is 0 Å². The molecule has 1 aromatic heterocycles. The predicted octanol–water partition coefficient (Wildman–Crippen LogP) is 3.02. The van der Waals surface area contributed by atoms with Crippen LogP contribution in [0.3, 0.4) is 0 Å². The molecule has 2 bridgehead atoms. The summed E-state index contributed by atoms with van der Waals surface area (Å²) >= 11 is 0. The quantitative estimate of drug-likeness (QED) is 0.909. The van der Waals surface area contributed by atoms with E-state index in [9.17, 15) is 4.79 Å². The van der Waals surface area contributed by atoms with Crippen molar-refractivity contribution < 1.29 is 14.3 Å². The van der Waals surface area contributed by atoms with E-state index in [0.717, 1.165) is 30.6 Å². The monoisotopic (exact) mass is 313 g/mol. The summed E-state index contributed by atoms with van der Waals surface area (Å²) in [6, 6.07) is 9.13. The van der Waals surface area contributed by atoms with Gasteiger partial charge >= 0.3 is 0 Å². The number of aromatic amines is 1. The fraction of sp³-hybridized carbons (Fsp3) is 0.412. The van der Waals surface area contributed by atoms with Crippen molar-refractivity contribution in [2.75, 3.05) is 5.32 Å². The number of benzene rings is 1. The smallest absolute Gasteiger partial charge is 0.238 e. The maximum Gasteiger partial charge on any atom is 0.238 e. The zero-order chi connectivity index (χ0) is 15.8. The standard InChI is InChI=1S/C17H19N3O3/c1-10-8-16(20-19-10)23-12-4-2-11(3-5-12)18-17(21)14-9-13-6-7-15(14)22-13/h2-5,8,13-15H,6-7,9H2,1H3,(H,18,21)(H,19,20)/t13-,14+,15-/m1/s1. The minimum Gasteiger partial charge on any atom is -0.438 e. The normalized spacial score (nSPS) is 25.5. The summed E-state index contributed by atoms with van der Waals surface area (Å²) in [6.07, 6.45) is 3.32. The fourth-order valence-electron chi connectivity index (χ4n) is 3.32. The average Bonchev–Trinajstić information content (AvgIpc) is 3.26. The van der Waals surface area contributed by atoms with Crippen LogP contribution in [0.4, 0.5) is 5.69 Å². The molecule has 120 valence electrons. The Morgan fingerprint density at radius 1 is 1.35 bits per heavy atom. The number of carbonyl (C=O) groups excluding carboxylic acids is 1. The summed E-state index contributed by atoms with van der Waals surface area (Å²) in [5.74, 6) is 1.24. The molecule has 0 aliphatic carbocycles. The molecule has 0 radical (unpaired) electrons. The van der Waals surface area contributed by atoms with Crippen molar-refractivity contribution in [3.05, 3.63) is 36.0 Å². The molecule has 0 spiro atoms. The van der Waals surface area contributed by atoms with Crippen LogP contribution in [0.2, 0.25) is 0 Å². The van der Waals surface area contributed by atoms with Gasteiger partial charge in [0, 0.05) is 17.4 Å². The van der Waals surface area contributed by atoms with E-state index in [1.54, 1.807) is 0 Å². The van der Waals surface area contributed by atoms with Crippen LogP contribution >= 0.6 is 0 Å². The summed E-state index contributed by atoms with van der Waals surface area (Å²) in [5, 5.41) is 9.82. The number of aromatic nitrogens is 2. The Morgan fingerprint density at radius 2 is 2.17 bits per heavy atom. The van der Waals surface area contributed by atoms with Gasteiger partial charge in [-0.2, -0.15) is 0 Å². The topological polar surface area (TPSA) is 76.2 Å². The molecule has 2 aliphatic heterocycles. The first-order valence-electron chi connectivity index (χ1n) is 7.93. The number of H-pyrrole nitrogens is 1. The van der Waals surface area contributed by atoms with Crippen LogP contribution in [-0.2, 0) is 9.53 Å². The third-order valence-electron chi connectivity index (χ3n) is 4.47. The molecule has 2 aromatic rings. The molecule has 1 amide bonds. The number of ether oxygens (including phenoxy) is 2. The van der Waals surface area contributed by atoms with Crippen LogP contribution in [0.25, 0.3) is 0 Å². The highest BCUT2D eigenvalue weighted by molar-refractivity contribution is 5.93. The highest BCUT2D eigenvalue weighted by Crippen LogP contribution is 2.39. The number of fused-ring (bicyclic) bond motifs is 2. The van der Waals surface area contributed by atoms with Crippen LogP contribution < -0.4 is 10.1 Å². The molecule has 3 atom stereocenters. The molecule has 2 aliphatic rings. The number of rotatable bonds is 4. The minimum atomic E-state index is -0.0169. The van der Waals surface area contributed by atoms with Gasteiger partial charge in [-0.3, -0.25) is 9.89 Å². The van der Waals surface area contributed by atoms with Crippen LogP contribution in [0, 0.1) is 12.8 Å². The van der Waals surface area contributed by atoms with Crippen LogP contribution in [-0.4, -0.2) is 28.3 Å². The zero-order valence-corrected chi connectivity index (χ0v) is 12.9. The van der Waals surface area contributed by atoms with E-state index in [1.165, 1.54) is 0 Å². The van der Waals surface area contributed by atoms with Crippen molar-refractivity contribution in [2.45, 2.75) is 38.4 Å². The molecule has 3 heterocycles. The van der Waals surface area contributed by atoms with Crippen LogP contribution in [0.1, 0.15) is 25.0 Å². The van der Waals surface area contributed by atoms with Gasteiger partial charge in [-0.1, -0.05) is 0 Å². The maximum atomic E-state index is 12.3. The summed E-state index contributed by atoms with van der Waals surface area (Å²) < 4.78 is 11.4. The highest BCUT2D eigenvalue weighted by Gasteiger charge is 2.44. The molecule has 4 rings (SSSR count). The van der Waals surface area contributed by atoms with Gasteiger partial charge in [0.25, 0.3) is 0 Å². The van der Waals surface area contributed by atoms with Gasteiger partial charge in [-0.15, -0.1) is 5.10 Å². The van der Waals surface area contributed by atoms with Gasteiger partial charge in [0.15, 0.2) is 0 Å². The maximum absolute atomic E-state index is 12.3. The second-order valence-electron chi connectivity index (χ2n) is 6.22. The second kappa shape index (κ2) is 5.70. The first-order valence-corrected chi connectivity index (χ1v) is 7.93. The SMILES string of the molecule is Cc1cc(Oc2ccc(NC(=O)[C@H]3C[C@H]4CC[C@H]3O4)cc2)n[nH]1. The van der Waals surface area contributed by atoms with E-state index in [0.29, 0.717) is 11.6 Å². The lowest BCUT2D eigenvalue weighted by atomic mass is 9.88. The fourth-order valence-corrected chi connectivity index (χ4v) is 3.32. The number of carbonyl (C=O) groups is 1. The lowest BCUT2D eigenvalue weighted by molar-refractivity contribution is -0.121. The number of amides is 1. The summed E-state index contributed by atoms with van der Waals surface area (Å²) in [6.45, 7) is 1.91. The molecular formula is C17H19N3O3. The van der Waals surface area contributed by atoms with E-state index >= 15 is 0 Å². The van der Waals surface area contributed by atoms with Gasteiger partial charge in [-0.25, -0.2) is 0 Å². The summed E-state index contributed by atoms with van der Waals surface area (Å²) in [4.78, 5) is 12.3. The van der Waals surface area contributed by atoms with Crippen molar-refractivity contribution in [3.63, 3.8) is 0 Å². The summed E-state index contributed by atoms with van der Waals surface area (Å²) in [5.41, 5.74) is 1.71. The lowest BCUT2D eigenvalue weighted by Gasteiger charge is -2.18. The Hall–Kier alpha value is -2.34. The third kappa shape index (κ3) is 2.94. The molecule has 23 heavy (non-hydrogen) atoms. The minimum absolute atomic E-state index is 0.0169. The van der Waals surface area contributed by atoms with E-state index in [-0.39, 0.29) is 24.0 Å². The molecule has 2 fully saturated rings. The van der Waals surface area contributed by atoms with Crippen molar-refractivity contribution in [2.24, 2.45) is 5.92 Å². The molecule has 0 unspecified atom stereocenters. The molecule has 1 aromatic carbocycles. The van der Waals surface area contributed by atoms with E-state index < -0.39 is 0 Å². The van der Waals surface area contributed by atoms with E-state index in [2.05, 4.69) is 15.5 Å².